The van der Waals surface area contributed by atoms with E-state index in [0.29, 0.717) is 0 Å². The Bertz CT molecular complexity index is 154. The summed E-state index contributed by atoms with van der Waals surface area (Å²) in [6.07, 6.45) is 0. The molecule has 1 atom stereocenters. The summed E-state index contributed by atoms with van der Waals surface area (Å²) in [5, 5.41) is 0. The lowest BCUT2D eigenvalue weighted by molar-refractivity contribution is 0.425. The second-order valence-electron chi connectivity index (χ2n) is 5.03. The second kappa shape index (κ2) is 4.88. The van der Waals surface area contributed by atoms with Gasteiger partial charge in [0.2, 0.25) is 0 Å². The number of rotatable bonds is 5. The molecule has 0 rings (SSSR count). The van der Waals surface area contributed by atoms with Gasteiger partial charge in [0.1, 0.15) is 0 Å². The molecule has 2 nitrogen and oxygen atoms in total. The Morgan fingerprint density at radius 3 is 1.77 bits per heavy atom. The highest BCUT2D eigenvalue weighted by Gasteiger charge is 2.27. The van der Waals surface area contributed by atoms with Crippen LogP contribution in [-0.4, -0.2) is 25.9 Å². The largest absolute Gasteiger partial charge is 0.439 e. The Morgan fingerprint density at radius 1 is 1.00 bits per heavy atom. The molecule has 0 aromatic heterocycles. The van der Waals surface area contributed by atoms with Crippen molar-refractivity contribution in [3.8, 4) is 0 Å². The van der Waals surface area contributed by atoms with Gasteiger partial charge in [-0.25, -0.2) is 0 Å². The van der Waals surface area contributed by atoms with Crippen molar-refractivity contribution in [2.24, 2.45) is 0 Å². The zero-order valence-corrected chi connectivity index (χ0v) is 13.3. The zero-order chi connectivity index (χ0) is 10.7. The van der Waals surface area contributed by atoms with Crippen LogP contribution in [0.4, 0.5) is 0 Å². The average Bonchev–Trinajstić information content (AvgIpc) is 1.81. The van der Waals surface area contributed by atoms with Crippen molar-refractivity contribution in [2.75, 3.05) is 0 Å². The predicted octanol–water partition coefficient (Wildman–Crippen LogP) is 2.93. The number of hydrogen-bond acceptors (Lipinski definition) is 2. The van der Waals surface area contributed by atoms with E-state index >= 15 is 0 Å². The van der Waals surface area contributed by atoms with Gasteiger partial charge in [0, 0.05) is 0 Å². The lowest BCUT2D eigenvalue weighted by atomic mass is 11.0. The molecule has 0 fully saturated rings. The topological polar surface area (TPSA) is 18.5 Å². The predicted molar refractivity (Wildman–Crippen MR) is 66.5 cm³/mol. The van der Waals surface area contributed by atoms with Crippen molar-refractivity contribution in [2.45, 2.75) is 52.2 Å². The third-order valence-electron chi connectivity index (χ3n) is 1.86. The van der Waals surface area contributed by atoms with Crippen molar-refractivity contribution in [1.29, 1.82) is 0 Å². The molecule has 0 aliphatic heterocycles. The molecule has 0 saturated carbocycles. The summed E-state index contributed by atoms with van der Waals surface area (Å²) in [4.78, 5) is 0. The molecule has 13 heavy (non-hydrogen) atoms. The van der Waals surface area contributed by atoms with Gasteiger partial charge in [-0.1, -0.05) is 6.92 Å². The van der Waals surface area contributed by atoms with Gasteiger partial charge in [-0.3, -0.25) is 0 Å². The molecule has 0 aromatic carbocycles. The summed E-state index contributed by atoms with van der Waals surface area (Å²) in [7, 11) is -4.10. The molecule has 0 amide bonds. The first-order valence-corrected chi connectivity index (χ1v) is 13.6. The van der Waals surface area contributed by atoms with E-state index in [0.717, 1.165) is 0 Å². The van der Waals surface area contributed by atoms with Crippen LogP contribution in [0.2, 0.25) is 45.3 Å². The monoisotopic (exact) mass is 236 g/mol. The van der Waals surface area contributed by atoms with Crippen LogP contribution in [0, 0.1) is 0 Å². The second-order valence-corrected chi connectivity index (χ2v) is 16.5. The van der Waals surface area contributed by atoms with E-state index in [-0.39, 0.29) is 0 Å². The van der Waals surface area contributed by atoms with E-state index in [1.165, 1.54) is 6.04 Å². The lowest BCUT2D eigenvalue weighted by Crippen LogP contribution is -2.42. The van der Waals surface area contributed by atoms with Gasteiger partial charge in [0.05, 0.1) is 0 Å². The summed E-state index contributed by atoms with van der Waals surface area (Å²) in [5.41, 5.74) is 0. The Hall–Kier alpha value is 0.571. The van der Waals surface area contributed by atoms with E-state index < -0.39 is 25.9 Å². The van der Waals surface area contributed by atoms with Crippen molar-refractivity contribution in [3.05, 3.63) is 0 Å². The first-order chi connectivity index (χ1) is 5.66. The molecule has 0 aliphatic carbocycles. The normalized spacial score (nSPS) is 15.9. The fourth-order valence-corrected chi connectivity index (χ4v) is 9.92. The molecule has 0 saturated heterocycles. The molecule has 0 aliphatic rings. The van der Waals surface area contributed by atoms with E-state index in [2.05, 4.69) is 46.2 Å². The highest BCUT2D eigenvalue weighted by Crippen LogP contribution is 2.14. The molecule has 1 unspecified atom stereocenters. The van der Waals surface area contributed by atoms with Gasteiger partial charge in [-0.05, 0) is 45.3 Å². The molecular formula is C8H24O2Si3. The van der Waals surface area contributed by atoms with Gasteiger partial charge < -0.3 is 8.23 Å². The van der Waals surface area contributed by atoms with Crippen molar-refractivity contribution < 1.29 is 8.23 Å². The summed E-state index contributed by atoms with van der Waals surface area (Å²) in [5.74, 6) is 0. The maximum atomic E-state index is 6.05. The van der Waals surface area contributed by atoms with Gasteiger partial charge in [-0.2, -0.15) is 0 Å². The first-order valence-electron chi connectivity index (χ1n) is 5.02. The Morgan fingerprint density at radius 2 is 1.46 bits per heavy atom. The molecular weight excluding hydrogens is 212 g/mol. The quantitative estimate of drug-likeness (QED) is 0.684. The SMILES string of the molecule is CC[Si](C)(C)O[SiH](C)O[Si](C)(C)C. The van der Waals surface area contributed by atoms with Crippen molar-refractivity contribution >= 4 is 25.9 Å². The van der Waals surface area contributed by atoms with Crippen LogP contribution < -0.4 is 0 Å². The minimum absolute atomic E-state index is 1.18. The highest BCUT2D eigenvalue weighted by atomic mass is 28.4. The van der Waals surface area contributed by atoms with Gasteiger partial charge in [0.15, 0.2) is 16.6 Å². The minimum atomic E-state index is -1.38. The maximum absolute atomic E-state index is 6.05. The lowest BCUT2D eigenvalue weighted by Gasteiger charge is -2.29. The van der Waals surface area contributed by atoms with Crippen LogP contribution in [0.15, 0.2) is 0 Å². The summed E-state index contributed by atoms with van der Waals surface area (Å²) >= 11 is 0. The van der Waals surface area contributed by atoms with Gasteiger partial charge in [0.25, 0.3) is 9.28 Å². The van der Waals surface area contributed by atoms with E-state index in [1.807, 2.05) is 0 Å². The molecule has 0 spiro atoms. The average molecular weight is 237 g/mol. The van der Waals surface area contributed by atoms with Gasteiger partial charge >= 0.3 is 0 Å². The van der Waals surface area contributed by atoms with E-state index in [9.17, 15) is 0 Å². The van der Waals surface area contributed by atoms with E-state index in [1.54, 1.807) is 0 Å². The zero-order valence-electron chi connectivity index (χ0n) is 10.1. The molecule has 0 N–H and O–H groups in total. The molecule has 0 aromatic rings. The van der Waals surface area contributed by atoms with Crippen LogP contribution in [0.1, 0.15) is 6.92 Å². The smallest absolute Gasteiger partial charge is 0.297 e. The maximum Gasteiger partial charge on any atom is 0.297 e. The molecule has 5 heteroatoms. The fraction of sp³-hybridized carbons (Fsp3) is 1.00. The summed E-state index contributed by atoms with van der Waals surface area (Å²) in [6, 6.07) is 1.18. The number of hydrogen-bond donors (Lipinski definition) is 0. The summed E-state index contributed by atoms with van der Waals surface area (Å²) < 4.78 is 12.0. The first kappa shape index (κ1) is 13.6. The van der Waals surface area contributed by atoms with E-state index in [4.69, 9.17) is 8.23 Å². The Balaban J connectivity index is 3.94. The standard InChI is InChI=1S/C8H24O2Si3/c1-8-13(6,7)10-11(2)9-12(3,4)5/h11H,8H2,1-7H3. The molecule has 0 bridgehead atoms. The molecule has 0 radical (unpaired) electrons. The van der Waals surface area contributed by atoms with Crippen molar-refractivity contribution in [3.63, 3.8) is 0 Å². The van der Waals surface area contributed by atoms with Crippen LogP contribution >= 0.6 is 0 Å². The fourth-order valence-electron chi connectivity index (χ4n) is 1.05. The Kier molecular flexibility index (Phi) is 5.09. The van der Waals surface area contributed by atoms with Crippen LogP contribution in [0.5, 0.6) is 0 Å². The van der Waals surface area contributed by atoms with Gasteiger partial charge in [-0.15, -0.1) is 0 Å². The third-order valence-corrected chi connectivity index (χ3v) is 11.6. The van der Waals surface area contributed by atoms with Crippen LogP contribution in [0.25, 0.3) is 0 Å². The Labute approximate surface area is 86.8 Å². The van der Waals surface area contributed by atoms with Crippen LogP contribution in [-0.2, 0) is 8.23 Å². The summed E-state index contributed by atoms with van der Waals surface area (Å²) in [6.45, 7) is 15.6. The molecule has 80 valence electrons. The van der Waals surface area contributed by atoms with Crippen LogP contribution in [0.3, 0.4) is 0 Å². The van der Waals surface area contributed by atoms with Crippen molar-refractivity contribution in [1.82, 2.24) is 0 Å². The minimum Gasteiger partial charge on any atom is -0.439 e. The molecule has 0 heterocycles. The highest BCUT2D eigenvalue weighted by molar-refractivity contribution is 6.81. The third kappa shape index (κ3) is 7.63.